The number of fused-ring (bicyclic) bond motifs is 1. The van der Waals surface area contributed by atoms with E-state index in [0.29, 0.717) is 13.2 Å². The molecule has 4 rings (SSSR count). The minimum absolute atomic E-state index is 0.0715. The summed E-state index contributed by atoms with van der Waals surface area (Å²) in [4.78, 5) is 15.2. The van der Waals surface area contributed by atoms with E-state index in [4.69, 9.17) is 9.47 Å². The predicted molar refractivity (Wildman–Crippen MR) is 131 cm³/mol. The fourth-order valence-electron chi connectivity index (χ4n) is 4.63. The molecule has 1 amide bonds. The van der Waals surface area contributed by atoms with Crippen LogP contribution in [0.4, 0.5) is 0 Å². The van der Waals surface area contributed by atoms with Gasteiger partial charge in [0.25, 0.3) is 0 Å². The second-order valence-corrected chi connectivity index (χ2v) is 8.50. The number of nitrogens with zero attached hydrogens (tertiary/aromatic N) is 1. The summed E-state index contributed by atoms with van der Waals surface area (Å²) >= 11 is 0. The highest BCUT2D eigenvalue weighted by atomic mass is 16.5. The highest BCUT2D eigenvalue weighted by Gasteiger charge is 2.36. The molecule has 0 aliphatic carbocycles. The maximum Gasteiger partial charge on any atom is 0.237 e. The van der Waals surface area contributed by atoms with Gasteiger partial charge < -0.3 is 20.1 Å². The molecule has 1 fully saturated rings. The Bertz CT molecular complexity index is 1060. The molecule has 0 aromatic heterocycles. The van der Waals surface area contributed by atoms with Crippen molar-refractivity contribution in [2.45, 2.75) is 31.6 Å². The van der Waals surface area contributed by atoms with Crippen LogP contribution in [-0.2, 0) is 22.6 Å². The van der Waals surface area contributed by atoms with Crippen molar-refractivity contribution in [3.63, 3.8) is 0 Å². The van der Waals surface area contributed by atoms with Gasteiger partial charge in [-0.05, 0) is 29.0 Å². The molecular formula is C27H33N3O3. The first-order chi connectivity index (χ1) is 16.2. The van der Waals surface area contributed by atoms with Gasteiger partial charge in [0.15, 0.2) is 0 Å². The van der Waals surface area contributed by atoms with Gasteiger partial charge in [0.1, 0.15) is 5.75 Å². The molecular weight excluding hydrogens is 414 g/mol. The van der Waals surface area contributed by atoms with Gasteiger partial charge in [-0.3, -0.25) is 9.69 Å². The maximum absolute atomic E-state index is 12.9. The van der Waals surface area contributed by atoms with E-state index in [1.165, 1.54) is 16.5 Å². The second kappa shape index (κ2) is 11.3. The van der Waals surface area contributed by atoms with Crippen molar-refractivity contribution in [3.8, 4) is 5.75 Å². The van der Waals surface area contributed by atoms with Crippen LogP contribution in [0.15, 0.2) is 66.7 Å². The first kappa shape index (κ1) is 23.2. The molecule has 0 saturated carbocycles. The number of likely N-dealkylation sites (tertiary alicyclic amines) is 1. The topological polar surface area (TPSA) is 62.8 Å². The summed E-state index contributed by atoms with van der Waals surface area (Å²) in [6.07, 6.45) is 0.778. The molecule has 3 aromatic carbocycles. The van der Waals surface area contributed by atoms with Gasteiger partial charge in [0.05, 0.1) is 19.8 Å². The Morgan fingerprint density at radius 3 is 2.52 bits per heavy atom. The third-order valence-corrected chi connectivity index (χ3v) is 6.32. The lowest BCUT2D eigenvalue weighted by Crippen LogP contribution is -2.43. The minimum atomic E-state index is -0.160. The number of hydrogen-bond acceptors (Lipinski definition) is 5. The second-order valence-electron chi connectivity index (χ2n) is 8.50. The third kappa shape index (κ3) is 5.71. The Morgan fingerprint density at radius 2 is 1.76 bits per heavy atom. The van der Waals surface area contributed by atoms with E-state index in [-0.39, 0.29) is 18.0 Å². The van der Waals surface area contributed by atoms with E-state index in [9.17, 15) is 4.79 Å². The van der Waals surface area contributed by atoms with Crippen LogP contribution in [0.5, 0.6) is 5.75 Å². The van der Waals surface area contributed by atoms with Crippen molar-refractivity contribution in [2.75, 3.05) is 33.9 Å². The average molecular weight is 448 g/mol. The summed E-state index contributed by atoms with van der Waals surface area (Å²) in [6, 6.07) is 22.9. The lowest BCUT2D eigenvalue weighted by molar-refractivity contribution is -0.125. The van der Waals surface area contributed by atoms with Crippen molar-refractivity contribution in [2.24, 2.45) is 0 Å². The smallest absolute Gasteiger partial charge is 0.237 e. The minimum Gasteiger partial charge on any atom is -0.496 e. The fraction of sp³-hybridized carbons (Fsp3) is 0.370. The number of carbonyl (C=O) groups is 1. The molecule has 1 heterocycles. The van der Waals surface area contributed by atoms with Crippen LogP contribution in [0.1, 0.15) is 17.5 Å². The number of hydrogen-bond donors (Lipinski definition) is 2. The molecule has 174 valence electrons. The van der Waals surface area contributed by atoms with E-state index in [2.05, 4.69) is 51.9 Å². The van der Waals surface area contributed by atoms with Crippen molar-refractivity contribution in [1.82, 2.24) is 15.5 Å². The summed E-state index contributed by atoms with van der Waals surface area (Å²) in [6.45, 7) is 3.37. The SMILES string of the molecule is COCCNC(=O)[C@@H]1C[C@@H](NCc2ccc(OC)c3ccccc23)CN1Cc1ccccc1. The van der Waals surface area contributed by atoms with E-state index in [1.54, 1.807) is 14.2 Å². The van der Waals surface area contributed by atoms with E-state index >= 15 is 0 Å². The highest BCUT2D eigenvalue weighted by molar-refractivity contribution is 5.91. The van der Waals surface area contributed by atoms with Crippen LogP contribution in [0.3, 0.4) is 0 Å². The van der Waals surface area contributed by atoms with E-state index < -0.39 is 0 Å². The van der Waals surface area contributed by atoms with Crippen LogP contribution < -0.4 is 15.4 Å². The molecule has 0 unspecified atom stereocenters. The number of nitrogens with one attached hydrogen (secondary N) is 2. The van der Waals surface area contributed by atoms with Crippen molar-refractivity contribution >= 4 is 16.7 Å². The van der Waals surface area contributed by atoms with Crippen LogP contribution in [-0.4, -0.2) is 56.8 Å². The number of rotatable bonds is 10. The molecule has 0 spiro atoms. The van der Waals surface area contributed by atoms with Crippen molar-refractivity contribution < 1.29 is 14.3 Å². The fourth-order valence-corrected chi connectivity index (χ4v) is 4.63. The van der Waals surface area contributed by atoms with Gasteiger partial charge in [0.2, 0.25) is 5.91 Å². The van der Waals surface area contributed by atoms with Crippen LogP contribution in [0, 0.1) is 0 Å². The Labute approximate surface area is 195 Å². The zero-order valence-corrected chi connectivity index (χ0v) is 19.4. The zero-order chi connectivity index (χ0) is 23.0. The number of methoxy groups -OCH3 is 2. The molecule has 2 atom stereocenters. The predicted octanol–water partition coefficient (Wildman–Crippen LogP) is 3.34. The first-order valence-electron chi connectivity index (χ1n) is 11.5. The monoisotopic (exact) mass is 447 g/mol. The zero-order valence-electron chi connectivity index (χ0n) is 19.4. The first-order valence-corrected chi connectivity index (χ1v) is 11.5. The van der Waals surface area contributed by atoms with E-state index in [1.807, 2.05) is 30.3 Å². The van der Waals surface area contributed by atoms with Gasteiger partial charge in [-0.1, -0.05) is 60.7 Å². The summed E-state index contributed by atoms with van der Waals surface area (Å²) in [5.41, 5.74) is 2.45. The third-order valence-electron chi connectivity index (χ3n) is 6.32. The van der Waals surface area contributed by atoms with E-state index in [0.717, 1.165) is 37.2 Å². The quantitative estimate of drug-likeness (QED) is 0.467. The molecule has 6 nitrogen and oxygen atoms in total. The van der Waals surface area contributed by atoms with Gasteiger partial charge in [-0.25, -0.2) is 0 Å². The lowest BCUT2D eigenvalue weighted by atomic mass is 10.0. The van der Waals surface area contributed by atoms with Gasteiger partial charge in [0, 0.05) is 44.7 Å². The van der Waals surface area contributed by atoms with Crippen molar-refractivity contribution in [3.05, 3.63) is 77.9 Å². The maximum atomic E-state index is 12.9. The molecule has 3 aromatic rings. The molecule has 1 saturated heterocycles. The van der Waals surface area contributed by atoms with Gasteiger partial charge in [-0.15, -0.1) is 0 Å². The average Bonchev–Trinajstić information content (AvgIpc) is 3.25. The molecule has 2 N–H and O–H groups in total. The summed E-state index contributed by atoms with van der Waals surface area (Å²) in [5, 5.41) is 9.04. The molecule has 33 heavy (non-hydrogen) atoms. The standard InChI is InChI=1S/C27H33N3O3/c1-32-15-14-28-27(31)25-16-22(19-30(25)18-20-8-4-3-5-9-20)29-17-21-12-13-26(33-2)24-11-7-6-10-23(21)24/h3-13,22,25,29H,14-19H2,1-2H3,(H,28,31)/t22-,25+/m1/s1. The number of amides is 1. The molecule has 1 aliphatic rings. The Hall–Kier alpha value is -2.93. The molecule has 0 bridgehead atoms. The molecule has 0 radical (unpaired) electrons. The van der Waals surface area contributed by atoms with Crippen LogP contribution in [0.25, 0.3) is 10.8 Å². The molecule has 6 heteroatoms. The van der Waals surface area contributed by atoms with Crippen LogP contribution >= 0.6 is 0 Å². The highest BCUT2D eigenvalue weighted by Crippen LogP contribution is 2.29. The largest absolute Gasteiger partial charge is 0.496 e. The number of benzene rings is 3. The molecule has 1 aliphatic heterocycles. The normalized spacial score (nSPS) is 18.5. The summed E-state index contributed by atoms with van der Waals surface area (Å²) in [5.74, 6) is 0.958. The number of carbonyl (C=O) groups excluding carboxylic acids is 1. The van der Waals surface area contributed by atoms with Crippen LogP contribution in [0.2, 0.25) is 0 Å². The Kier molecular flexibility index (Phi) is 7.94. The van der Waals surface area contributed by atoms with Gasteiger partial charge >= 0.3 is 0 Å². The summed E-state index contributed by atoms with van der Waals surface area (Å²) in [7, 11) is 3.35. The lowest BCUT2D eigenvalue weighted by Gasteiger charge is -2.23. The van der Waals surface area contributed by atoms with Crippen molar-refractivity contribution in [1.29, 1.82) is 0 Å². The number of ether oxygens (including phenoxy) is 2. The Morgan fingerprint density at radius 1 is 1.00 bits per heavy atom. The Balaban J connectivity index is 1.45. The summed E-state index contributed by atoms with van der Waals surface area (Å²) < 4.78 is 10.6. The van der Waals surface area contributed by atoms with Gasteiger partial charge in [-0.2, -0.15) is 0 Å².